The number of nitrogens with one attached hydrogen (secondary N) is 2. The van der Waals surface area contributed by atoms with Gasteiger partial charge in [-0.15, -0.1) is 0 Å². The van der Waals surface area contributed by atoms with Crippen molar-refractivity contribution < 1.29 is 33.4 Å². The van der Waals surface area contributed by atoms with Gasteiger partial charge in [0.25, 0.3) is 11.8 Å². The highest BCUT2D eigenvalue weighted by Gasteiger charge is 2.26. The molecule has 3 amide bonds. The molecule has 0 aromatic heterocycles. The lowest BCUT2D eigenvalue weighted by Crippen LogP contribution is -2.39. The lowest BCUT2D eigenvalue weighted by atomic mass is 10.2. The Bertz CT molecular complexity index is 863. The number of hydrogen-bond donors (Lipinski definition) is 2. The summed E-state index contributed by atoms with van der Waals surface area (Å²) in [4.78, 5) is 48.9. The van der Waals surface area contributed by atoms with Crippen LogP contribution in [0.3, 0.4) is 0 Å². The molecule has 1 aliphatic heterocycles. The van der Waals surface area contributed by atoms with E-state index < -0.39 is 30.9 Å². The Balaban J connectivity index is 1.71. The van der Waals surface area contributed by atoms with E-state index in [4.69, 9.17) is 26.4 Å². The third-order valence-electron chi connectivity index (χ3n) is 4.06. The van der Waals surface area contributed by atoms with E-state index in [9.17, 15) is 19.2 Å². The van der Waals surface area contributed by atoms with Crippen molar-refractivity contribution in [3.05, 3.63) is 23.8 Å². The number of ether oxygens (including phenoxy) is 3. The zero-order chi connectivity index (χ0) is 23.5. The molecule has 1 fully saturated rings. The minimum atomic E-state index is -0.767. The standard InChI is InChI=1S/C20H25N3O7S2/c1-3-28-14-6-5-13(9-15(14)29-4-2)19(27)22-10-18(26)30-11-16(24)21-7-8-23-17(25)12-32-20(23)31/h5-6,9H,3-4,7-8,10-12H2,1-2H3,(H,21,24)(H,22,27). The van der Waals surface area contributed by atoms with Gasteiger partial charge in [0, 0.05) is 18.7 Å². The molecule has 1 saturated heterocycles. The first-order valence-corrected chi connectivity index (χ1v) is 11.3. The summed E-state index contributed by atoms with van der Waals surface area (Å²) >= 11 is 6.32. The summed E-state index contributed by atoms with van der Waals surface area (Å²) in [5, 5.41) is 4.97. The van der Waals surface area contributed by atoms with E-state index in [0.717, 1.165) is 0 Å². The van der Waals surface area contributed by atoms with Crippen LogP contribution in [0.1, 0.15) is 24.2 Å². The van der Waals surface area contributed by atoms with Crippen molar-refractivity contribution in [1.82, 2.24) is 15.5 Å². The first kappa shape index (κ1) is 25.4. The lowest BCUT2D eigenvalue weighted by molar-refractivity contribution is -0.147. The molecule has 1 aliphatic rings. The molecule has 0 bridgehead atoms. The van der Waals surface area contributed by atoms with E-state index in [1.807, 2.05) is 13.8 Å². The summed E-state index contributed by atoms with van der Waals surface area (Å²) in [5.41, 5.74) is 0.287. The molecule has 0 radical (unpaired) electrons. The Labute approximate surface area is 195 Å². The number of amides is 3. The van der Waals surface area contributed by atoms with E-state index in [0.29, 0.717) is 34.8 Å². The van der Waals surface area contributed by atoms with Crippen LogP contribution in [-0.4, -0.2) is 78.1 Å². The fourth-order valence-corrected chi connectivity index (χ4v) is 3.72. The van der Waals surface area contributed by atoms with Gasteiger partial charge in [0.05, 0.1) is 19.0 Å². The molecule has 12 heteroatoms. The van der Waals surface area contributed by atoms with E-state index >= 15 is 0 Å². The zero-order valence-electron chi connectivity index (χ0n) is 17.8. The van der Waals surface area contributed by atoms with Crippen molar-refractivity contribution in [3.63, 3.8) is 0 Å². The lowest BCUT2D eigenvalue weighted by Gasteiger charge is -2.15. The van der Waals surface area contributed by atoms with Crippen LogP contribution in [0, 0.1) is 0 Å². The number of thioether (sulfide) groups is 1. The second-order valence-corrected chi connectivity index (χ2v) is 7.93. The molecular formula is C20H25N3O7S2. The van der Waals surface area contributed by atoms with Crippen LogP contribution >= 0.6 is 24.0 Å². The van der Waals surface area contributed by atoms with Crippen LogP contribution in [0.25, 0.3) is 0 Å². The summed E-state index contributed by atoms with van der Waals surface area (Å²) in [6.07, 6.45) is 0. The molecule has 0 atom stereocenters. The van der Waals surface area contributed by atoms with Gasteiger partial charge in [-0.05, 0) is 32.0 Å². The van der Waals surface area contributed by atoms with Crippen molar-refractivity contribution >= 4 is 52.0 Å². The highest BCUT2D eigenvalue weighted by molar-refractivity contribution is 8.23. The topological polar surface area (TPSA) is 123 Å². The Kier molecular flexibility index (Phi) is 10.2. The van der Waals surface area contributed by atoms with Crippen LogP contribution in [-0.2, 0) is 19.1 Å². The van der Waals surface area contributed by atoms with Crippen LogP contribution < -0.4 is 20.1 Å². The Morgan fingerprint density at radius 1 is 1.12 bits per heavy atom. The van der Waals surface area contributed by atoms with E-state index in [1.165, 1.54) is 22.7 Å². The zero-order valence-corrected chi connectivity index (χ0v) is 19.4. The second kappa shape index (κ2) is 12.9. The summed E-state index contributed by atoms with van der Waals surface area (Å²) in [5.74, 6) is -0.640. The molecule has 10 nitrogen and oxygen atoms in total. The number of carbonyl (C=O) groups is 4. The normalized spacial score (nSPS) is 13.0. The summed E-state index contributed by atoms with van der Waals surface area (Å²) in [7, 11) is 0. The van der Waals surface area contributed by atoms with E-state index in [1.54, 1.807) is 12.1 Å². The van der Waals surface area contributed by atoms with Crippen molar-refractivity contribution in [2.75, 3.05) is 45.2 Å². The number of rotatable bonds is 12. The van der Waals surface area contributed by atoms with Gasteiger partial charge in [0.1, 0.15) is 10.9 Å². The molecule has 0 saturated carbocycles. The average Bonchev–Trinajstić information content (AvgIpc) is 3.09. The molecule has 32 heavy (non-hydrogen) atoms. The van der Waals surface area contributed by atoms with E-state index in [2.05, 4.69) is 10.6 Å². The monoisotopic (exact) mass is 483 g/mol. The van der Waals surface area contributed by atoms with Gasteiger partial charge in [-0.25, -0.2) is 0 Å². The molecule has 174 valence electrons. The molecular weight excluding hydrogens is 458 g/mol. The van der Waals surface area contributed by atoms with Gasteiger partial charge in [0.2, 0.25) is 5.91 Å². The maximum absolute atomic E-state index is 12.3. The molecule has 0 aliphatic carbocycles. The van der Waals surface area contributed by atoms with Crippen LogP contribution in [0.15, 0.2) is 18.2 Å². The number of esters is 1. The molecule has 0 spiro atoms. The summed E-state index contributed by atoms with van der Waals surface area (Å²) < 4.78 is 16.3. The van der Waals surface area contributed by atoms with Gasteiger partial charge in [0.15, 0.2) is 18.1 Å². The SMILES string of the molecule is CCOc1ccc(C(=O)NCC(=O)OCC(=O)NCCN2C(=O)CSC2=S)cc1OCC. The average molecular weight is 484 g/mol. The number of carbonyl (C=O) groups excluding carboxylic acids is 4. The van der Waals surface area contributed by atoms with Crippen molar-refractivity contribution in [2.45, 2.75) is 13.8 Å². The minimum Gasteiger partial charge on any atom is -0.490 e. The van der Waals surface area contributed by atoms with E-state index in [-0.39, 0.29) is 24.6 Å². The van der Waals surface area contributed by atoms with Gasteiger partial charge in [-0.3, -0.25) is 24.1 Å². The molecule has 2 N–H and O–H groups in total. The quantitative estimate of drug-likeness (QED) is 0.327. The third kappa shape index (κ3) is 7.68. The molecule has 0 unspecified atom stereocenters. The maximum atomic E-state index is 12.3. The highest BCUT2D eigenvalue weighted by Crippen LogP contribution is 2.28. The Morgan fingerprint density at radius 3 is 2.50 bits per heavy atom. The fourth-order valence-electron chi connectivity index (χ4n) is 2.60. The number of hydrogen-bond acceptors (Lipinski definition) is 9. The molecule has 1 aromatic rings. The van der Waals surface area contributed by atoms with Gasteiger partial charge in [-0.2, -0.15) is 0 Å². The smallest absolute Gasteiger partial charge is 0.325 e. The number of benzene rings is 1. The Hall–Kier alpha value is -2.86. The van der Waals surface area contributed by atoms with Crippen molar-refractivity contribution in [2.24, 2.45) is 0 Å². The minimum absolute atomic E-state index is 0.0997. The number of thiocarbonyl (C=S) groups is 1. The third-order valence-corrected chi connectivity index (χ3v) is 5.49. The highest BCUT2D eigenvalue weighted by atomic mass is 32.2. The first-order valence-electron chi connectivity index (χ1n) is 9.93. The van der Waals surface area contributed by atoms with Crippen LogP contribution in [0.4, 0.5) is 0 Å². The van der Waals surface area contributed by atoms with Gasteiger partial charge < -0.3 is 24.8 Å². The Morgan fingerprint density at radius 2 is 1.84 bits per heavy atom. The van der Waals surface area contributed by atoms with Crippen LogP contribution in [0.5, 0.6) is 11.5 Å². The number of nitrogens with zero attached hydrogens (tertiary/aromatic N) is 1. The van der Waals surface area contributed by atoms with Crippen LogP contribution in [0.2, 0.25) is 0 Å². The second-order valence-electron chi connectivity index (χ2n) is 6.32. The largest absolute Gasteiger partial charge is 0.490 e. The van der Waals surface area contributed by atoms with Gasteiger partial charge >= 0.3 is 5.97 Å². The summed E-state index contributed by atoms with van der Waals surface area (Å²) in [6.45, 7) is 4.04. The predicted molar refractivity (Wildman–Crippen MR) is 122 cm³/mol. The predicted octanol–water partition coefficient (Wildman–Crippen LogP) is 0.734. The maximum Gasteiger partial charge on any atom is 0.325 e. The van der Waals surface area contributed by atoms with Gasteiger partial charge in [-0.1, -0.05) is 24.0 Å². The first-order chi connectivity index (χ1) is 15.3. The van der Waals surface area contributed by atoms with Crippen molar-refractivity contribution in [1.29, 1.82) is 0 Å². The molecule has 1 heterocycles. The summed E-state index contributed by atoms with van der Waals surface area (Å²) in [6, 6.07) is 4.70. The van der Waals surface area contributed by atoms with Crippen molar-refractivity contribution in [3.8, 4) is 11.5 Å². The molecule has 1 aromatic carbocycles. The fraction of sp³-hybridized carbons (Fsp3) is 0.450. The molecule has 2 rings (SSSR count).